The summed E-state index contributed by atoms with van der Waals surface area (Å²) in [7, 11) is 1.59. The minimum absolute atomic E-state index is 0.254. The van der Waals surface area contributed by atoms with E-state index in [1.807, 2.05) is 12.1 Å². The lowest BCUT2D eigenvalue weighted by Crippen LogP contribution is -2.06. The molecule has 0 radical (unpaired) electrons. The summed E-state index contributed by atoms with van der Waals surface area (Å²) in [5.74, 6) is 0.0333. The maximum Gasteiger partial charge on any atom is 0.141 e. The second kappa shape index (κ2) is 8.58. The maximum absolute atomic E-state index is 14.1. The highest BCUT2D eigenvalue weighted by Crippen LogP contribution is 2.38. The third kappa shape index (κ3) is 3.79. The summed E-state index contributed by atoms with van der Waals surface area (Å²) in [6, 6.07) is 15.2. The molecular weight excluding hydrogens is 406 g/mol. The third-order valence-corrected chi connectivity index (χ3v) is 6.10. The minimum atomic E-state index is -0.319. The number of rotatable bonds is 5. The number of hydrogen-bond donors (Lipinski definition) is 0. The van der Waals surface area contributed by atoms with Gasteiger partial charge in [0.2, 0.25) is 0 Å². The van der Waals surface area contributed by atoms with Crippen LogP contribution in [0, 0.1) is 11.6 Å². The molecule has 2 aromatic carbocycles. The predicted molar refractivity (Wildman–Crippen MR) is 124 cm³/mol. The van der Waals surface area contributed by atoms with E-state index in [0.29, 0.717) is 17.9 Å². The van der Waals surface area contributed by atoms with Crippen molar-refractivity contribution in [2.24, 2.45) is 0 Å². The van der Waals surface area contributed by atoms with Crippen LogP contribution in [0.3, 0.4) is 0 Å². The Labute approximate surface area is 186 Å². The van der Waals surface area contributed by atoms with Crippen LogP contribution in [-0.4, -0.2) is 16.7 Å². The van der Waals surface area contributed by atoms with Gasteiger partial charge in [0.15, 0.2) is 0 Å². The van der Waals surface area contributed by atoms with Gasteiger partial charge in [-0.1, -0.05) is 18.2 Å². The molecule has 1 aliphatic carbocycles. The van der Waals surface area contributed by atoms with Crippen molar-refractivity contribution in [3.05, 3.63) is 89.8 Å². The molecule has 0 saturated heterocycles. The Bertz CT molecular complexity index is 1320. The number of nitrogens with zero attached hydrogens (tertiary/aromatic N) is 2. The summed E-state index contributed by atoms with van der Waals surface area (Å²) >= 11 is 0. The first-order valence-corrected chi connectivity index (χ1v) is 10.9. The van der Waals surface area contributed by atoms with Crippen molar-refractivity contribution < 1.29 is 13.5 Å². The fourth-order valence-electron chi connectivity index (χ4n) is 4.59. The van der Waals surface area contributed by atoms with Crippen molar-refractivity contribution in [3.63, 3.8) is 0 Å². The molecule has 0 bridgehead atoms. The van der Waals surface area contributed by atoms with E-state index in [1.54, 1.807) is 31.5 Å². The van der Waals surface area contributed by atoms with Crippen molar-refractivity contribution in [2.45, 2.75) is 32.2 Å². The molecule has 0 spiro atoms. The van der Waals surface area contributed by atoms with Gasteiger partial charge < -0.3 is 9.30 Å². The zero-order chi connectivity index (χ0) is 22.1. The van der Waals surface area contributed by atoms with E-state index in [4.69, 9.17) is 4.74 Å². The monoisotopic (exact) mass is 430 g/mol. The van der Waals surface area contributed by atoms with E-state index < -0.39 is 0 Å². The molecule has 0 N–H and O–H groups in total. The topological polar surface area (TPSA) is 27.1 Å². The molecule has 0 atom stereocenters. The highest BCUT2D eigenvalue weighted by Gasteiger charge is 2.20. The average Bonchev–Trinajstić information content (AvgIpc) is 3.18. The van der Waals surface area contributed by atoms with E-state index in [-0.39, 0.29) is 11.6 Å². The zero-order valence-electron chi connectivity index (χ0n) is 17.9. The molecule has 5 rings (SSSR count). The third-order valence-electron chi connectivity index (χ3n) is 6.10. The molecule has 2 heterocycles. The summed E-state index contributed by atoms with van der Waals surface area (Å²) < 4.78 is 35.7. The van der Waals surface area contributed by atoms with Gasteiger partial charge in [0, 0.05) is 29.4 Å². The van der Waals surface area contributed by atoms with Crippen LogP contribution >= 0.6 is 0 Å². The number of fused-ring (bicyclic) bond motifs is 1. The van der Waals surface area contributed by atoms with Crippen molar-refractivity contribution in [1.82, 2.24) is 9.55 Å². The van der Waals surface area contributed by atoms with Crippen LogP contribution < -0.4 is 4.74 Å². The Balaban J connectivity index is 1.74. The van der Waals surface area contributed by atoms with Gasteiger partial charge in [0.25, 0.3) is 0 Å². The van der Waals surface area contributed by atoms with Crippen LogP contribution in [0.5, 0.6) is 5.75 Å². The lowest BCUT2D eigenvalue weighted by molar-refractivity contribution is 0.415. The summed E-state index contributed by atoms with van der Waals surface area (Å²) in [4.78, 5) is 4.69. The molecule has 0 saturated carbocycles. The van der Waals surface area contributed by atoms with Crippen LogP contribution in [0.15, 0.2) is 66.9 Å². The molecular formula is C27H24F2N2O. The number of pyridine rings is 1. The number of ether oxygens (including phenoxy) is 1. The van der Waals surface area contributed by atoms with Gasteiger partial charge in [0.1, 0.15) is 23.0 Å². The number of halogens is 2. The highest BCUT2D eigenvalue weighted by atomic mass is 19.1. The first-order chi connectivity index (χ1) is 15.6. The van der Waals surface area contributed by atoms with E-state index in [0.717, 1.165) is 47.1 Å². The largest absolute Gasteiger partial charge is 0.496 e. The van der Waals surface area contributed by atoms with Gasteiger partial charge >= 0.3 is 0 Å². The Hall–Kier alpha value is -3.47. The normalized spacial score (nSPS) is 13.9. The molecule has 2 aromatic heterocycles. The molecule has 32 heavy (non-hydrogen) atoms. The van der Waals surface area contributed by atoms with Gasteiger partial charge in [0.05, 0.1) is 7.11 Å². The fraction of sp³-hybridized carbons (Fsp3) is 0.222. The van der Waals surface area contributed by atoms with Crippen molar-refractivity contribution in [3.8, 4) is 16.9 Å². The van der Waals surface area contributed by atoms with Crippen LogP contribution in [-0.2, 0) is 6.54 Å². The van der Waals surface area contributed by atoms with Gasteiger partial charge in [-0.3, -0.25) is 0 Å². The van der Waals surface area contributed by atoms with Gasteiger partial charge in [-0.05, 0) is 84.8 Å². The first-order valence-electron chi connectivity index (χ1n) is 10.9. The van der Waals surface area contributed by atoms with E-state index in [2.05, 4.69) is 21.7 Å². The van der Waals surface area contributed by atoms with Crippen molar-refractivity contribution >= 4 is 16.6 Å². The molecule has 162 valence electrons. The van der Waals surface area contributed by atoms with E-state index >= 15 is 0 Å². The summed E-state index contributed by atoms with van der Waals surface area (Å²) in [6.45, 7) is 0.505. The van der Waals surface area contributed by atoms with Crippen LogP contribution in [0.4, 0.5) is 8.78 Å². The summed E-state index contributed by atoms with van der Waals surface area (Å²) in [5.41, 5.74) is 5.58. The van der Waals surface area contributed by atoms with E-state index in [1.165, 1.54) is 30.2 Å². The molecule has 3 nitrogen and oxygen atoms in total. The van der Waals surface area contributed by atoms with Crippen LogP contribution in [0.25, 0.3) is 27.7 Å². The van der Waals surface area contributed by atoms with Gasteiger partial charge in [-0.2, -0.15) is 0 Å². The number of benzene rings is 2. The maximum atomic E-state index is 14.1. The molecule has 5 heteroatoms. The molecule has 0 unspecified atom stereocenters. The van der Waals surface area contributed by atoms with Crippen LogP contribution in [0.1, 0.15) is 36.9 Å². The standard InChI is InChI=1S/C27H24F2N2O/c1-32-26-11-10-21(29)15-23(26)22-12-13-30-27-24(22)16-25(19-7-3-2-4-8-19)31(27)17-18-6-5-9-20(28)14-18/h5-7,9-16H,2-4,8,17H2,1H3. The molecule has 0 amide bonds. The SMILES string of the molecule is COc1ccc(F)cc1-c1ccnc2c1cc(C1=CCCCC1)n2Cc1cccc(F)c1. The lowest BCUT2D eigenvalue weighted by atomic mass is 9.96. The number of aromatic nitrogens is 2. The second-order valence-corrected chi connectivity index (χ2v) is 8.16. The smallest absolute Gasteiger partial charge is 0.141 e. The Morgan fingerprint density at radius 3 is 2.62 bits per heavy atom. The Morgan fingerprint density at radius 1 is 0.969 bits per heavy atom. The zero-order valence-corrected chi connectivity index (χ0v) is 17.9. The fourth-order valence-corrected chi connectivity index (χ4v) is 4.59. The average molecular weight is 430 g/mol. The van der Waals surface area contributed by atoms with Crippen molar-refractivity contribution in [2.75, 3.05) is 7.11 Å². The molecule has 0 fully saturated rings. The molecule has 0 aliphatic heterocycles. The Kier molecular flexibility index (Phi) is 5.48. The van der Waals surface area contributed by atoms with Crippen LogP contribution in [0.2, 0.25) is 0 Å². The minimum Gasteiger partial charge on any atom is -0.496 e. The van der Waals surface area contributed by atoms with Crippen molar-refractivity contribution in [1.29, 1.82) is 0 Å². The lowest BCUT2D eigenvalue weighted by Gasteiger charge is -2.16. The number of hydrogen-bond acceptors (Lipinski definition) is 2. The van der Waals surface area contributed by atoms with E-state index in [9.17, 15) is 8.78 Å². The summed E-state index contributed by atoms with van der Waals surface area (Å²) in [6.07, 6.45) is 8.42. The summed E-state index contributed by atoms with van der Waals surface area (Å²) in [5, 5.41) is 0.925. The second-order valence-electron chi connectivity index (χ2n) is 8.16. The molecule has 4 aromatic rings. The quantitative estimate of drug-likeness (QED) is 0.341. The first kappa shape index (κ1) is 20.4. The van der Waals surface area contributed by atoms with Gasteiger partial charge in [-0.15, -0.1) is 0 Å². The van der Waals surface area contributed by atoms with Gasteiger partial charge in [-0.25, -0.2) is 13.8 Å². The Morgan fingerprint density at radius 2 is 1.84 bits per heavy atom. The number of methoxy groups -OCH3 is 1. The highest BCUT2D eigenvalue weighted by molar-refractivity contribution is 5.97. The predicted octanol–water partition coefficient (Wildman–Crippen LogP) is 7.00. The number of allylic oxidation sites excluding steroid dienone is 2. The molecule has 1 aliphatic rings.